The zero-order valence-electron chi connectivity index (χ0n) is 9.02. The Morgan fingerprint density at radius 1 is 1.29 bits per heavy atom. The van der Waals surface area contributed by atoms with E-state index in [2.05, 4.69) is 35.6 Å². The van der Waals surface area contributed by atoms with Gasteiger partial charge < -0.3 is 10.2 Å². The number of hydrogen-bond acceptors (Lipinski definition) is 2. The molecule has 0 saturated heterocycles. The van der Waals surface area contributed by atoms with E-state index in [1.165, 1.54) is 0 Å². The monoisotopic (exact) mass is 273 g/mol. The lowest BCUT2D eigenvalue weighted by atomic mass is 10.2. The molecule has 0 saturated carbocycles. The molecule has 1 rings (SSSR count). The van der Waals surface area contributed by atoms with Crippen LogP contribution in [0.3, 0.4) is 0 Å². The van der Waals surface area contributed by atoms with Gasteiger partial charge in [0, 0.05) is 4.47 Å². The second-order valence-corrected chi connectivity index (χ2v) is 9.58. The molecule has 2 N–H and O–H groups in total. The maximum Gasteiger partial charge on any atom is 0.242 e. The van der Waals surface area contributed by atoms with Crippen molar-refractivity contribution < 1.29 is 4.43 Å². The fraction of sp³-hybridized carbons (Fsp3) is 0.400. The Hall–Kier alpha value is -0.483. The van der Waals surface area contributed by atoms with Gasteiger partial charge in [0.1, 0.15) is 5.75 Å². The van der Waals surface area contributed by atoms with Crippen molar-refractivity contribution in [3.63, 3.8) is 0 Å². The summed E-state index contributed by atoms with van der Waals surface area (Å²) in [6, 6.07) is 3.89. The second kappa shape index (κ2) is 3.94. The Labute approximate surface area is 94.7 Å². The molecule has 0 atom stereocenters. The molecule has 0 aliphatic carbocycles. The Morgan fingerprint density at radius 3 is 2.36 bits per heavy atom. The van der Waals surface area contributed by atoms with Crippen molar-refractivity contribution in [1.82, 2.24) is 0 Å². The molecule has 0 fully saturated rings. The highest BCUT2D eigenvalue weighted by Crippen LogP contribution is 2.32. The Kier molecular flexibility index (Phi) is 3.27. The Morgan fingerprint density at radius 2 is 1.86 bits per heavy atom. The fourth-order valence-electron chi connectivity index (χ4n) is 1.10. The van der Waals surface area contributed by atoms with Crippen LogP contribution in [0.15, 0.2) is 16.6 Å². The minimum Gasteiger partial charge on any atom is -0.543 e. The molecule has 0 aliphatic rings. The topological polar surface area (TPSA) is 35.2 Å². The first kappa shape index (κ1) is 11.6. The highest BCUT2D eigenvalue weighted by molar-refractivity contribution is 9.10. The summed E-state index contributed by atoms with van der Waals surface area (Å²) in [4.78, 5) is 0. The van der Waals surface area contributed by atoms with Crippen LogP contribution in [0.4, 0.5) is 5.69 Å². The number of benzene rings is 1. The normalized spacial score (nSPS) is 11.5. The Balaban J connectivity index is 3.06. The molecule has 0 bridgehead atoms. The molecule has 2 nitrogen and oxygen atoms in total. The third kappa shape index (κ3) is 2.75. The first-order chi connectivity index (χ1) is 6.31. The number of anilines is 1. The van der Waals surface area contributed by atoms with E-state index >= 15 is 0 Å². The highest BCUT2D eigenvalue weighted by atomic mass is 79.9. The maximum absolute atomic E-state index is 5.96. The first-order valence-electron chi connectivity index (χ1n) is 4.55. The molecule has 0 unspecified atom stereocenters. The molecule has 0 radical (unpaired) electrons. The summed E-state index contributed by atoms with van der Waals surface area (Å²) >= 11 is 3.44. The molecule has 0 aliphatic heterocycles. The van der Waals surface area contributed by atoms with Gasteiger partial charge in [-0.05, 0) is 44.3 Å². The van der Waals surface area contributed by atoms with Crippen molar-refractivity contribution in [3.8, 4) is 5.75 Å². The van der Waals surface area contributed by atoms with Crippen LogP contribution < -0.4 is 10.2 Å². The Bertz CT molecular complexity index is 347. The van der Waals surface area contributed by atoms with E-state index in [9.17, 15) is 0 Å². The molecular weight excluding hydrogens is 258 g/mol. The summed E-state index contributed by atoms with van der Waals surface area (Å²) in [5, 5.41) is 0. The summed E-state index contributed by atoms with van der Waals surface area (Å²) in [6.45, 7) is 8.41. The summed E-state index contributed by atoms with van der Waals surface area (Å²) < 4.78 is 6.89. The number of nitrogens with two attached hydrogens (primary N) is 1. The van der Waals surface area contributed by atoms with Gasteiger partial charge in [-0.1, -0.05) is 15.9 Å². The molecule has 1 aromatic carbocycles. The maximum atomic E-state index is 5.96. The molecule has 1 aromatic rings. The van der Waals surface area contributed by atoms with Crippen molar-refractivity contribution in [1.29, 1.82) is 0 Å². The molecule has 14 heavy (non-hydrogen) atoms. The lowest BCUT2D eigenvalue weighted by Gasteiger charge is -2.21. The van der Waals surface area contributed by atoms with Crippen LogP contribution in [0.25, 0.3) is 0 Å². The largest absolute Gasteiger partial charge is 0.543 e. The van der Waals surface area contributed by atoms with E-state index in [1.807, 2.05) is 19.1 Å². The zero-order valence-corrected chi connectivity index (χ0v) is 11.6. The molecule has 0 spiro atoms. The fourth-order valence-corrected chi connectivity index (χ4v) is 2.28. The highest BCUT2D eigenvalue weighted by Gasteiger charge is 2.18. The van der Waals surface area contributed by atoms with Crippen molar-refractivity contribution in [3.05, 3.63) is 22.2 Å². The van der Waals surface area contributed by atoms with Crippen LogP contribution in [-0.4, -0.2) is 8.32 Å². The van der Waals surface area contributed by atoms with Gasteiger partial charge in [-0.3, -0.25) is 0 Å². The summed E-state index contributed by atoms with van der Waals surface area (Å²) in [6.07, 6.45) is 0. The van der Waals surface area contributed by atoms with Gasteiger partial charge in [0.25, 0.3) is 0 Å². The molecule has 0 heterocycles. The minimum absolute atomic E-state index is 0.738. The number of halogens is 1. The zero-order chi connectivity index (χ0) is 10.9. The SMILES string of the molecule is Cc1c(Br)ccc(O[Si](C)(C)C)c1N. The van der Waals surface area contributed by atoms with Crippen LogP contribution in [0.2, 0.25) is 19.6 Å². The van der Waals surface area contributed by atoms with Crippen molar-refractivity contribution >= 4 is 29.9 Å². The smallest absolute Gasteiger partial charge is 0.242 e. The number of hydrogen-bond donors (Lipinski definition) is 1. The van der Waals surface area contributed by atoms with E-state index in [1.54, 1.807) is 0 Å². The van der Waals surface area contributed by atoms with E-state index in [-0.39, 0.29) is 0 Å². The summed E-state index contributed by atoms with van der Waals surface area (Å²) in [5.74, 6) is 0.810. The van der Waals surface area contributed by atoms with E-state index in [4.69, 9.17) is 10.2 Å². The molecule has 4 heteroatoms. The minimum atomic E-state index is -1.57. The van der Waals surface area contributed by atoms with Crippen LogP contribution >= 0.6 is 15.9 Å². The van der Waals surface area contributed by atoms with Crippen molar-refractivity contribution in [2.75, 3.05) is 5.73 Å². The van der Waals surface area contributed by atoms with Gasteiger partial charge in [0.2, 0.25) is 8.32 Å². The van der Waals surface area contributed by atoms with E-state index in [0.29, 0.717) is 0 Å². The molecule has 0 amide bonds. The van der Waals surface area contributed by atoms with Crippen LogP contribution in [0.5, 0.6) is 5.75 Å². The molecular formula is C10H16BrNOSi. The second-order valence-electron chi connectivity index (χ2n) is 4.30. The predicted octanol–water partition coefficient (Wildman–Crippen LogP) is 3.55. The average Bonchev–Trinajstić information content (AvgIpc) is 2.04. The van der Waals surface area contributed by atoms with Crippen LogP contribution in [0, 0.1) is 6.92 Å². The van der Waals surface area contributed by atoms with Crippen molar-refractivity contribution in [2.45, 2.75) is 26.6 Å². The standard InChI is InChI=1S/C10H16BrNOSi/c1-7-8(11)5-6-9(10(7)12)13-14(2,3)4/h5-6H,12H2,1-4H3. The van der Waals surface area contributed by atoms with Gasteiger partial charge in [0.05, 0.1) is 5.69 Å². The van der Waals surface area contributed by atoms with E-state index < -0.39 is 8.32 Å². The van der Waals surface area contributed by atoms with Crippen molar-refractivity contribution in [2.24, 2.45) is 0 Å². The van der Waals surface area contributed by atoms with Gasteiger partial charge in [0.15, 0.2) is 0 Å². The van der Waals surface area contributed by atoms with Gasteiger partial charge in [-0.15, -0.1) is 0 Å². The molecule has 78 valence electrons. The number of rotatable bonds is 2. The third-order valence-corrected chi connectivity index (χ3v) is 3.52. The predicted molar refractivity (Wildman–Crippen MR) is 67.3 cm³/mol. The lowest BCUT2D eigenvalue weighted by molar-refractivity contribution is 0.560. The quantitative estimate of drug-likeness (QED) is 0.661. The molecule has 0 aromatic heterocycles. The summed E-state index contributed by atoms with van der Waals surface area (Å²) in [7, 11) is -1.57. The van der Waals surface area contributed by atoms with Crippen LogP contribution in [0.1, 0.15) is 5.56 Å². The van der Waals surface area contributed by atoms with Crippen LogP contribution in [-0.2, 0) is 0 Å². The lowest BCUT2D eigenvalue weighted by Crippen LogP contribution is -2.29. The van der Waals surface area contributed by atoms with Gasteiger partial charge >= 0.3 is 0 Å². The summed E-state index contributed by atoms with van der Waals surface area (Å²) in [5.41, 5.74) is 7.74. The van der Waals surface area contributed by atoms with Gasteiger partial charge in [-0.25, -0.2) is 0 Å². The first-order valence-corrected chi connectivity index (χ1v) is 8.75. The average molecular weight is 274 g/mol. The van der Waals surface area contributed by atoms with Gasteiger partial charge in [-0.2, -0.15) is 0 Å². The number of nitrogen functional groups attached to an aromatic ring is 1. The third-order valence-electron chi connectivity index (χ3n) is 1.82. The van der Waals surface area contributed by atoms with E-state index in [0.717, 1.165) is 21.5 Å².